The molecule has 0 spiro atoms. The zero-order valence-electron chi connectivity index (χ0n) is 55.8. The molecule has 3 N–H and O–H groups in total. The number of aliphatic hydroxyl groups excluding tert-OH is 2. The number of esters is 3. The maximum atomic E-state index is 13.3. The van der Waals surface area contributed by atoms with Crippen molar-refractivity contribution >= 4 is 23.9 Å². The molecule has 87 heavy (non-hydrogen) atoms. The van der Waals surface area contributed by atoms with Gasteiger partial charge in [-0.05, 0) is 116 Å². The second-order valence-corrected chi connectivity index (χ2v) is 24.5. The molecule has 1 heterocycles. The molecule has 502 valence electrons. The van der Waals surface area contributed by atoms with E-state index in [-0.39, 0.29) is 25.9 Å². The first-order valence-electron chi connectivity index (χ1n) is 35.9. The highest BCUT2D eigenvalue weighted by molar-refractivity contribution is 5.74. The number of aliphatic hydroxyl groups is 2. The summed E-state index contributed by atoms with van der Waals surface area (Å²) < 4.78 is 28.6. The molecule has 0 aromatic heterocycles. The summed E-state index contributed by atoms with van der Waals surface area (Å²) in [5.74, 6) is -3.12. The van der Waals surface area contributed by atoms with Crippen molar-refractivity contribution in [1.82, 2.24) is 0 Å². The van der Waals surface area contributed by atoms with Crippen LogP contribution >= 0.6 is 0 Å². The Kier molecular flexibility index (Phi) is 58.2. The number of carbonyl (C=O) groups is 4. The Balaban J connectivity index is 2.64. The van der Waals surface area contributed by atoms with E-state index in [1.165, 1.54) is 148 Å². The number of hydrogen-bond acceptors (Lipinski definition) is 11. The highest BCUT2D eigenvalue weighted by atomic mass is 16.7. The minimum atomic E-state index is -1.91. The van der Waals surface area contributed by atoms with Gasteiger partial charge in [0.1, 0.15) is 18.8 Å². The first-order valence-corrected chi connectivity index (χ1v) is 35.9. The Morgan fingerprint density at radius 3 is 1.08 bits per heavy atom. The van der Waals surface area contributed by atoms with Gasteiger partial charge in [-0.3, -0.25) is 14.4 Å². The maximum absolute atomic E-state index is 13.3. The summed E-state index contributed by atoms with van der Waals surface area (Å²) in [6, 6.07) is 0. The van der Waals surface area contributed by atoms with Crippen LogP contribution in [0.1, 0.15) is 329 Å². The van der Waals surface area contributed by atoms with Gasteiger partial charge < -0.3 is 39.0 Å². The van der Waals surface area contributed by atoms with Gasteiger partial charge in [0.15, 0.2) is 24.6 Å². The lowest BCUT2D eigenvalue weighted by Crippen LogP contribution is -2.61. The number of ether oxygens (including phenoxy) is 5. The summed E-state index contributed by atoms with van der Waals surface area (Å²) in [6.45, 7) is 5.98. The van der Waals surface area contributed by atoms with E-state index in [0.717, 1.165) is 122 Å². The maximum Gasteiger partial charge on any atom is 0.335 e. The fourth-order valence-electron chi connectivity index (χ4n) is 10.7. The summed E-state index contributed by atoms with van der Waals surface area (Å²) in [5.41, 5.74) is 0. The van der Waals surface area contributed by atoms with Gasteiger partial charge in [-0.2, -0.15) is 0 Å². The van der Waals surface area contributed by atoms with Crippen molar-refractivity contribution in [3.05, 3.63) is 72.9 Å². The number of carboxylic acid groups (broad SMARTS) is 1. The first-order chi connectivity index (χ1) is 42.6. The minimum absolute atomic E-state index is 0.0563. The average Bonchev–Trinajstić information content (AvgIpc) is 2.56. The van der Waals surface area contributed by atoms with Crippen LogP contribution in [0.15, 0.2) is 72.9 Å². The summed E-state index contributed by atoms with van der Waals surface area (Å²) in [4.78, 5) is 51.5. The van der Waals surface area contributed by atoms with Crippen LogP contribution in [0.5, 0.6) is 0 Å². The minimum Gasteiger partial charge on any atom is -0.479 e. The fraction of sp³-hybridized carbons (Fsp3) is 0.787. The number of aliphatic carboxylic acids is 1. The highest BCUT2D eigenvalue weighted by Gasteiger charge is 2.50. The van der Waals surface area contributed by atoms with E-state index in [2.05, 4.69) is 93.7 Å². The normalized spacial score (nSPS) is 17.7. The monoisotopic (exact) mass is 1220 g/mol. The largest absolute Gasteiger partial charge is 0.479 e. The molecule has 0 bridgehead atoms. The molecule has 1 rings (SSSR count). The second kappa shape index (κ2) is 62.4. The first kappa shape index (κ1) is 81.2. The van der Waals surface area contributed by atoms with E-state index in [0.29, 0.717) is 19.3 Å². The van der Waals surface area contributed by atoms with Crippen LogP contribution in [0.25, 0.3) is 0 Å². The third kappa shape index (κ3) is 51.6. The molecule has 1 aliphatic heterocycles. The van der Waals surface area contributed by atoms with E-state index < -0.39 is 67.3 Å². The number of hydrogen-bond donors (Lipinski definition) is 3. The SMILES string of the molecule is CCCCC/C=C\C/C=C\C/C=C\CCCCCCCCC(=O)OCC(COC1OC(C(=O)O)C(O)C(O)C1OC(=O)CCCCCCCCCCC/C=C\CCCCCCCC)OC(=O)CCCCCCCCCCC/C=C\C/C=C\CCCCC. The van der Waals surface area contributed by atoms with Crippen LogP contribution in [-0.2, 0) is 42.9 Å². The number of carbonyl (C=O) groups excluding carboxylic acids is 3. The van der Waals surface area contributed by atoms with Gasteiger partial charge in [-0.1, -0.05) is 267 Å². The molecule has 0 aromatic carbocycles. The molecule has 0 radical (unpaired) electrons. The molecule has 0 amide bonds. The molecule has 1 aliphatic rings. The number of rotatable bonds is 62. The van der Waals surface area contributed by atoms with Gasteiger partial charge >= 0.3 is 23.9 Å². The Hall–Kier alpha value is -3.84. The average molecular weight is 1220 g/mol. The molecular formula is C75H130O12. The van der Waals surface area contributed by atoms with Crippen molar-refractivity contribution in [3.63, 3.8) is 0 Å². The highest BCUT2D eigenvalue weighted by Crippen LogP contribution is 2.27. The van der Waals surface area contributed by atoms with Gasteiger partial charge in [-0.15, -0.1) is 0 Å². The van der Waals surface area contributed by atoms with Crippen molar-refractivity contribution in [2.45, 2.75) is 366 Å². The van der Waals surface area contributed by atoms with Gasteiger partial charge in [0, 0.05) is 19.3 Å². The predicted molar refractivity (Wildman–Crippen MR) is 358 cm³/mol. The van der Waals surface area contributed by atoms with Crippen LogP contribution in [0.4, 0.5) is 0 Å². The van der Waals surface area contributed by atoms with Crippen LogP contribution in [-0.4, -0.2) is 89.2 Å². The quantitative estimate of drug-likeness (QED) is 0.0228. The molecule has 0 aliphatic carbocycles. The van der Waals surface area contributed by atoms with Crippen LogP contribution < -0.4 is 0 Å². The topological polar surface area (TPSA) is 175 Å². The third-order valence-electron chi connectivity index (χ3n) is 16.2. The van der Waals surface area contributed by atoms with E-state index in [4.69, 9.17) is 23.7 Å². The fourth-order valence-corrected chi connectivity index (χ4v) is 10.7. The molecular weight excluding hydrogens is 1090 g/mol. The molecule has 6 unspecified atom stereocenters. The lowest BCUT2D eigenvalue weighted by Gasteiger charge is -2.40. The summed E-state index contributed by atoms with van der Waals surface area (Å²) in [7, 11) is 0. The van der Waals surface area contributed by atoms with E-state index in [1.807, 2.05) is 0 Å². The van der Waals surface area contributed by atoms with E-state index in [1.54, 1.807) is 0 Å². The van der Waals surface area contributed by atoms with Crippen molar-refractivity contribution in [3.8, 4) is 0 Å². The van der Waals surface area contributed by atoms with E-state index >= 15 is 0 Å². The van der Waals surface area contributed by atoms with Crippen molar-refractivity contribution < 1.29 is 58.2 Å². The van der Waals surface area contributed by atoms with Crippen molar-refractivity contribution in [2.75, 3.05) is 13.2 Å². The number of allylic oxidation sites excluding steroid dienone is 12. The number of unbranched alkanes of at least 4 members (excludes halogenated alkanes) is 36. The van der Waals surface area contributed by atoms with Crippen LogP contribution in [0.2, 0.25) is 0 Å². The summed E-state index contributed by atoms with van der Waals surface area (Å²) >= 11 is 0. The molecule has 0 aromatic rings. The Morgan fingerprint density at radius 1 is 0.379 bits per heavy atom. The Labute approximate surface area is 531 Å². The molecule has 1 saturated heterocycles. The molecule has 12 nitrogen and oxygen atoms in total. The summed E-state index contributed by atoms with van der Waals surface area (Å²) in [5, 5.41) is 31.7. The smallest absolute Gasteiger partial charge is 0.335 e. The van der Waals surface area contributed by atoms with Crippen LogP contribution in [0.3, 0.4) is 0 Å². The zero-order valence-corrected chi connectivity index (χ0v) is 55.8. The lowest BCUT2D eigenvalue weighted by atomic mass is 9.98. The van der Waals surface area contributed by atoms with Crippen molar-refractivity contribution in [2.24, 2.45) is 0 Å². The molecule has 1 fully saturated rings. The van der Waals surface area contributed by atoms with Crippen LogP contribution in [0, 0.1) is 0 Å². The zero-order chi connectivity index (χ0) is 63.1. The predicted octanol–water partition coefficient (Wildman–Crippen LogP) is 20.0. The Bertz CT molecular complexity index is 1790. The lowest BCUT2D eigenvalue weighted by molar-refractivity contribution is -0.301. The van der Waals surface area contributed by atoms with Crippen molar-refractivity contribution in [1.29, 1.82) is 0 Å². The standard InChI is InChI=1S/C75H130O12/c1-4-7-10-13-16-19-22-25-28-31-34-37-40-43-46-49-52-55-58-61-67(76)83-64-66(85-68(77)62-59-56-53-50-47-44-41-38-35-32-29-26-23-20-17-14-11-8-5-2)65-84-75-73(71(80)70(79)72(87-75)74(81)82)86-69(78)63-60-57-54-51-48-45-42-39-36-33-30-27-24-21-18-15-12-9-6-3/h16-17,19-20,25-30,34,37,66,70-73,75,79-80H,4-15,18,21-24,31-33,35-36,38-65H2,1-3H3,(H,81,82)/b19-16-,20-17-,28-25-,29-26-,30-27-,37-34-. The molecule has 12 heteroatoms. The van der Waals surface area contributed by atoms with Gasteiger partial charge in [0.25, 0.3) is 0 Å². The summed E-state index contributed by atoms with van der Waals surface area (Å²) in [6.07, 6.45) is 68.4. The second-order valence-electron chi connectivity index (χ2n) is 24.5. The van der Waals surface area contributed by atoms with Gasteiger partial charge in [0.2, 0.25) is 0 Å². The van der Waals surface area contributed by atoms with Gasteiger partial charge in [-0.25, -0.2) is 4.79 Å². The molecule has 0 saturated carbocycles. The molecule has 6 atom stereocenters. The number of carboxylic acids is 1. The Morgan fingerprint density at radius 2 is 0.690 bits per heavy atom. The third-order valence-corrected chi connectivity index (χ3v) is 16.2. The van der Waals surface area contributed by atoms with E-state index in [9.17, 15) is 34.5 Å². The van der Waals surface area contributed by atoms with Gasteiger partial charge in [0.05, 0.1) is 6.61 Å².